The summed E-state index contributed by atoms with van der Waals surface area (Å²) in [5.74, 6) is 7.52. The second-order valence-electron chi connectivity index (χ2n) is 10.9. The summed E-state index contributed by atoms with van der Waals surface area (Å²) >= 11 is 0. The number of nitrogens with two attached hydrogens (primary N) is 1. The van der Waals surface area contributed by atoms with Crippen LogP contribution in [0.2, 0.25) is 0 Å². The van der Waals surface area contributed by atoms with Crippen LogP contribution in [0.3, 0.4) is 0 Å². The number of carbonyl (C=O) groups excluding carboxylic acids is 2. The predicted molar refractivity (Wildman–Crippen MR) is 181 cm³/mol. The van der Waals surface area contributed by atoms with Crippen molar-refractivity contribution >= 4 is 11.7 Å². The van der Waals surface area contributed by atoms with Crippen molar-refractivity contribution < 1.29 is 9.59 Å². The van der Waals surface area contributed by atoms with Crippen LogP contribution in [0.25, 0.3) is 0 Å². The number of hydrogen-bond donors (Lipinski definition) is 1. The van der Waals surface area contributed by atoms with E-state index < -0.39 is 0 Å². The van der Waals surface area contributed by atoms with Crippen LogP contribution in [0.15, 0.2) is 12.2 Å². The molecular formula is C36H76N2O2. The van der Waals surface area contributed by atoms with E-state index in [1.54, 1.807) is 0 Å². The fourth-order valence-corrected chi connectivity index (χ4v) is 5.66. The maximum atomic E-state index is 12.8. The van der Waals surface area contributed by atoms with Crippen LogP contribution in [0.5, 0.6) is 0 Å². The van der Waals surface area contributed by atoms with Gasteiger partial charge in [0, 0.05) is 18.4 Å². The zero-order valence-electron chi connectivity index (χ0n) is 30.2. The highest BCUT2D eigenvalue weighted by molar-refractivity contribution is 5.84. The highest BCUT2D eigenvalue weighted by Gasteiger charge is 2.38. The molecule has 40 heavy (non-hydrogen) atoms. The summed E-state index contributed by atoms with van der Waals surface area (Å²) in [6.07, 6.45) is 16.0. The largest absolute Gasteiger partial charge is 0.299 e. The van der Waals surface area contributed by atoms with Gasteiger partial charge in [0.25, 0.3) is 0 Å². The van der Waals surface area contributed by atoms with Gasteiger partial charge < -0.3 is 0 Å². The summed E-state index contributed by atoms with van der Waals surface area (Å²) in [4.78, 5) is 24.9. The number of ketones is 1. The van der Waals surface area contributed by atoms with Gasteiger partial charge in [-0.2, -0.15) is 0 Å². The quantitative estimate of drug-likeness (QED) is 0.0837. The Morgan fingerprint density at radius 1 is 1.00 bits per heavy atom. The lowest BCUT2D eigenvalue weighted by atomic mass is 9.76. The SMILES string of the molecule is CC.CC.CC.CC=CC(CC)CC1CCC(C)(CC)CC(CC)C1=O.CCCC(CC)(CC)C(=O)N(N)CC. The topological polar surface area (TPSA) is 63.4 Å². The molecule has 1 rings (SSSR count). The lowest BCUT2D eigenvalue weighted by molar-refractivity contribution is -0.143. The van der Waals surface area contributed by atoms with Crippen LogP contribution in [-0.2, 0) is 9.59 Å². The van der Waals surface area contributed by atoms with Crippen LogP contribution in [0, 0.1) is 28.6 Å². The molecule has 1 amide bonds. The average Bonchev–Trinajstić information content (AvgIpc) is 3.14. The van der Waals surface area contributed by atoms with Gasteiger partial charge in [-0.3, -0.25) is 14.6 Å². The first-order valence-electron chi connectivity index (χ1n) is 17.3. The van der Waals surface area contributed by atoms with Crippen molar-refractivity contribution in [3.8, 4) is 0 Å². The Bertz CT molecular complexity index is 612. The van der Waals surface area contributed by atoms with Gasteiger partial charge in [-0.25, -0.2) is 5.84 Å². The third-order valence-electron chi connectivity index (χ3n) is 8.70. The molecule has 4 nitrogen and oxygen atoms in total. The van der Waals surface area contributed by atoms with Crippen molar-refractivity contribution in [1.82, 2.24) is 5.01 Å². The molecule has 0 bridgehead atoms. The summed E-state index contributed by atoms with van der Waals surface area (Å²) in [5.41, 5.74) is 0.160. The number of carbonyl (C=O) groups is 2. The molecular weight excluding hydrogens is 492 g/mol. The maximum Gasteiger partial charge on any atom is 0.242 e. The Morgan fingerprint density at radius 3 is 1.88 bits per heavy atom. The Hall–Kier alpha value is -1.16. The average molecular weight is 569 g/mol. The summed E-state index contributed by atoms with van der Waals surface area (Å²) in [6, 6.07) is 0. The number of nitrogens with zero attached hydrogens (tertiary/aromatic N) is 1. The fraction of sp³-hybridized carbons (Fsp3) is 0.889. The summed E-state index contributed by atoms with van der Waals surface area (Å²) in [6.45, 7) is 31.9. The van der Waals surface area contributed by atoms with Crippen LogP contribution >= 0.6 is 0 Å². The van der Waals surface area contributed by atoms with Crippen molar-refractivity contribution in [2.45, 2.75) is 174 Å². The van der Waals surface area contributed by atoms with Crippen molar-refractivity contribution in [2.24, 2.45) is 34.4 Å². The van der Waals surface area contributed by atoms with E-state index in [9.17, 15) is 9.59 Å². The molecule has 0 saturated heterocycles. The first-order valence-corrected chi connectivity index (χ1v) is 17.3. The van der Waals surface area contributed by atoms with Crippen LogP contribution < -0.4 is 5.84 Å². The van der Waals surface area contributed by atoms with Crippen LogP contribution in [0.4, 0.5) is 0 Å². The monoisotopic (exact) mass is 569 g/mol. The molecule has 0 aromatic rings. The first kappa shape index (κ1) is 45.8. The van der Waals surface area contributed by atoms with E-state index in [4.69, 9.17) is 5.84 Å². The van der Waals surface area contributed by atoms with Crippen molar-refractivity contribution in [3.63, 3.8) is 0 Å². The lowest BCUT2D eigenvalue weighted by Gasteiger charge is -2.33. The molecule has 2 N–H and O–H groups in total. The van der Waals surface area contributed by atoms with Gasteiger partial charge in [0.15, 0.2) is 0 Å². The molecule has 0 radical (unpaired) electrons. The number of amides is 1. The summed E-state index contributed by atoms with van der Waals surface area (Å²) in [7, 11) is 0. The smallest absolute Gasteiger partial charge is 0.242 e. The Kier molecular flexibility index (Phi) is 32.1. The maximum absolute atomic E-state index is 12.8. The van der Waals surface area contributed by atoms with Gasteiger partial charge in [-0.15, -0.1) is 0 Å². The standard InChI is InChI=1S/C19H34O.C11H24N2O.3C2H6/c1-6-10-15(7-2)13-17-11-12-19(5,9-4)14-16(8-3)18(17)20;1-5-9-11(6-2,7-3)10(14)13(12)8-4;3*1-2/h6,10,15-17H,7-9,11-14H2,1-5H3;5-9,12H2,1-4H3;3*1-2H3. The Morgan fingerprint density at radius 2 is 1.52 bits per heavy atom. The van der Waals surface area contributed by atoms with Crippen LogP contribution in [0.1, 0.15) is 174 Å². The normalized spacial score (nSPS) is 21.1. The molecule has 4 atom stereocenters. The number of Topliss-reactive ketones (excluding diaryl/α,β-unsaturated/α-hetero) is 1. The minimum absolute atomic E-state index is 0.104. The minimum atomic E-state index is -0.223. The second kappa shape index (κ2) is 28.0. The van der Waals surface area contributed by atoms with E-state index >= 15 is 0 Å². The van der Waals surface area contributed by atoms with E-state index in [0.29, 0.717) is 35.5 Å². The predicted octanol–water partition coefficient (Wildman–Crippen LogP) is 11.2. The molecule has 0 aromatic heterocycles. The molecule has 0 aliphatic heterocycles. The summed E-state index contributed by atoms with van der Waals surface area (Å²) < 4.78 is 0. The minimum Gasteiger partial charge on any atom is -0.299 e. The fourth-order valence-electron chi connectivity index (χ4n) is 5.66. The van der Waals surface area contributed by atoms with Gasteiger partial charge in [0.05, 0.1) is 5.41 Å². The summed E-state index contributed by atoms with van der Waals surface area (Å²) in [5, 5.41) is 1.35. The van der Waals surface area contributed by atoms with E-state index in [1.165, 1.54) is 17.9 Å². The van der Waals surface area contributed by atoms with Crippen LogP contribution in [-0.4, -0.2) is 23.2 Å². The van der Waals surface area contributed by atoms with Gasteiger partial charge in [0.2, 0.25) is 5.91 Å². The number of hydrazine groups is 1. The first-order chi connectivity index (χ1) is 19.1. The Labute approximate surface area is 253 Å². The van der Waals surface area contributed by atoms with E-state index in [1.807, 2.05) is 48.5 Å². The van der Waals surface area contributed by atoms with Gasteiger partial charge >= 0.3 is 0 Å². The van der Waals surface area contributed by atoms with Gasteiger partial charge in [-0.05, 0) is 83.0 Å². The second-order valence-corrected chi connectivity index (χ2v) is 10.9. The molecule has 0 spiro atoms. The molecule has 4 unspecified atom stereocenters. The number of allylic oxidation sites excluding steroid dienone is 2. The Balaban J connectivity index is -0.000000284. The number of rotatable bonds is 12. The molecule has 4 heteroatoms. The molecule has 1 fully saturated rings. The highest BCUT2D eigenvalue weighted by Crippen LogP contribution is 2.43. The van der Waals surface area contributed by atoms with Gasteiger partial charge in [-0.1, -0.05) is 115 Å². The highest BCUT2D eigenvalue weighted by atomic mass is 16.2. The third kappa shape index (κ3) is 16.3. The van der Waals surface area contributed by atoms with Crippen molar-refractivity contribution in [2.75, 3.05) is 6.54 Å². The van der Waals surface area contributed by atoms with E-state index in [0.717, 1.165) is 57.8 Å². The number of hydrogen-bond acceptors (Lipinski definition) is 3. The van der Waals surface area contributed by atoms with E-state index in [-0.39, 0.29) is 11.3 Å². The molecule has 242 valence electrons. The molecule has 1 aliphatic rings. The van der Waals surface area contributed by atoms with Gasteiger partial charge in [0.1, 0.15) is 5.78 Å². The zero-order valence-corrected chi connectivity index (χ0v) is 30.2. The molecule has 0 heterocycles. The molecule has 1 aliphatic carbocycles. The molecule has 0 aromatic carbocycles. The van der Waals surface area contributed by atoms with E-state index in [2.05, 4.69) is 67.5 Å². The zero-order chi connectivity index (χ0) is 32.4. The third-order valence-corrected chi connectivity index (χ3v) is 8.70. The molecule has 1 saturated carbocycles. The lowest BCUT2D eigenvalue weighted by Crippen LogP contribution is -2.47. The van der Waals surface area contributed by atoms with Crippen molar-refractivity contribution in [3.05, 3.63) is 12.2 Å². The van der Waals surface area contributed by atoms with Crippen molar-refractivity contribution in [1.29, 1.82) is 0 Å².